The molecule has 1 aromatic heterocycles. The van der Waals surface area contributed by atoms with Gasteiger partial charge in [0.2, 0.25) is 10.0 Å². The maximum absolute atomic E-state index is 12.1. The molecule has 2 aromatic rings. The van der Waals surface area contributed by atoms with E-state index in [0.717, 1.165) is 11.3 Å². The molecular weight excluding hydrogens is 274 g/mol. The van der Waals surface area contributed by atoms with Gasteiger partial charge in [-0.3, -0.25) is 0 Å². The van der Waals surface area contributed by atoms with Crippen molar-refractivity contribution in [3.8, 4) is 0 Å². The van der Waals surface area contributed by atoms with Crippen molar-refractivity contribution in [2.45, 2.75) is 11.8 Å². The quantitative estimate of drug-likeness (QED) is 0.898. The SMILES string of the molecule is CCNS(=O)(=O)c1c(C(=O)O)sc2ccccc12. The van der Waals surface area contributed by atoms with Gasteiger partial charge in [0.05, 0.1) is 0 Å². The predicted octanol–water partition coefficient (Wildman–Crippen LogP) is 1.90. The number of aromatic carboxylic acids is 1. The molecule has 5 nitrogen and oxygen atoms in total. The number of fused-ring (bicyclic) bond motifs is 1. The lowest BCUT2D eigenvalue weighted by Gasteiger charge is -2.04. The minimum absolute atomic E-state index is 0.141. The third kappa shape index (κ3) is 2.12. The first kappa shape index (κ1) is 13.0. The van der Waals surface area contributed by atoms with E-state index in [1.165, 1.54) is 0 Å². The summed E-state index contributed by atoms with van der Waals surface area (Å²) in [5, 5.41) is 9.56. The van der Waals surface area contributed by atoms with Crippen molar-refractivity contribution >= 4 is 37.4 Å². The molecule has 0 fully saturated rings. The van der Waals surface area contributed by atoms with E-state index < -0.39 is 16.0 Å². The fourth-order valence-corrected chi connectivity index (χ4v) is 4.47. The first-order valence-corrected chi connectivity index (χ1v) is 7.52. The van der Waals surface area contributed by atoms with Gasteiger partial charge in [-0.05, 0) is 6.07 Å². The van der Waals surface area contributed by atoms with Crippen LogP contribution >= 0.6 is 11.3 Å². The number of hydrogen-bond donors (Lipinski definition) is 2. The summed E-state index contributed by atoms with van der Waals surface area (Å²) in [7, 11) is -3.79. The number of carboxylic acid groups (broad SMARTS) is 1. The van der Waals surface area contributed by atoms with Crippen molar-refractivity contribution in [3.63, 3.8) is 0 Å². The molecule has 0 saturated carbocycles. The van der Waals surface area contributed by atoms with Crippen molar-refractivity contribution in [2.24, 2.45) is 0 Å². The average Bonchev–Trinajstić information content (AvgIpc) is 2.68. The van der Waals surface area contributed by atoms with Gasteiger partial charge in [0.15, 0.2) is 0 Å². The Morgan fingerprint density at radius 3 is 2.67 bits per heavy atom. The van der Waals surface area contributed by atoms with Gasteiger partial charge in [-0.1, -0.05) is 25.1 Å². The smallest absolute Gasteiger partial charge is 0.347 e. The third-order valence-electron chi connectivity index (χ3n) is 2.35. The molecule has 7 heteroatoms. The highest BCUT2D eigenvalue weighted by atomic mass is 32.2. The van der Waals surface area contributed by atoms with Gasteiger partial charge in [-0.15, -0.1) is 11.3 Å². The zero-order valence-corrected chi connectivity index (χ0v) is 11.1. The van der Waals surface area contributed by atoms with Gasteiger partial charge in [-0.25, -0.2) is 17.9 Å². The van der Waals surface area contributed by atoms with Gasteiger partial charge in [0.25, 0.3) is 0 Å². The van der Waals surface area contributed by atoms with Crippen LogP contribution in [0.5, 0.6) is 0 Å². The van der Waals surface area contributed by atoms with Gasteiger partial charge >= 0.3 is 5.97 Å². The molecule has 0 amide bonds. The first-order chi connectivity index (χ1) is 8.47. The van der Waals surface area contributed by atoms with Crippen molar-refractivity contribution in [3.05, 3.63) is 29.1 Å². The maximum atomic E-state index is 12.1. The molecular formula is C11H11NO4S2. The molecule has 0 radical (unpaired) electrons. The summed E-state index contributed by atoms with van der Waals surface area (Å²) in [6.45, 7) is 1.86. The van der Waals surface area contributed by atoms with Crippen LogP contribution in [0.3, 0.4) is 0 Å². The van der Waals surface area contributed by atoms with Crippen LogP contribution in [0.25, 0.3) is 10.1 Å². The fraction of sp³-hybridized carbons (Fsp3) is 0.182. The fourth-order valence-electron chi connectivity index (χ4n) is 1.69. The lowest BCUT2D eigenvalue weighted by molar-refractivity contribution is 0.0698. The van der Waals surface area contributed by atoms with Gasteiger partial charge < -0.3 is 5.11 Å². The summed E-state index contributed by atoms with van der Waals surface area (Å²) in [5.74, 6) is -1.23. The number of rotatable bonds is 4. The maximum Gasteiger partial charge on any atom is 0.347 e. The summed E-state index contributed by atoms with van der Waals surface area (Å²) in [4.78, 5) is 10.9. The summed E-state index contributed by atoms with van der Waals surface area (Å²) in [6, 6.07) is 6.75. The van der Waals surface area contributed by atoms with Crippen LogP contribution in [0.1, 0.15) is 16.6 Å². The van der Waals surface area contributed by atoms with Crippen LogP contribution in [0.2, 0.25) is 0 Å². The molecule has 0 aliphatic rings. The Hall–Kier alpha value is -1.44. The average molecular weight is 285 g/mol. The van der Waals surface area contributed by atoms with E-state index in [9.17, 15) is 13.2 Å². The number of hydrogen-bond acceptors (Lipinski definition) is 4. The molecule has 2 rings (SSSR count). The van der Waals surface area contributed by atoms with Crippen LogP contribution in [0.4, 0.5) is 0 Å². The molecule has 0 bridgehead atoms. The standard InChI is InChI=1S/C11H11NO4S2/c1-2-12-18(15,16)10-7-5-3-4-6-8(7)17-9(10)11(13)14/h3-6,12H,2H2,1H3,(H,13,14). The Morgan fingerprint density at radius 1 is 1.39 bits per heavy atom. The summed E-state index contributed by atoms with van der Waals surface area (Å²) in [6.07, 6.45) is 0. The molecule has 0 spiro atoms. The van der Waals surface area contributed by atoms with Crippen molar-refractivity contribution in [1.82, 2.24) is 4.72 Å². The monoisotopic (exact) mass is 285 g/mol. The number of carbonyl (C=O) groups is 1. The van der Waals surface area contributed by atoms with Crippen LogP contribution in [-0.2, 0) is 10.0 Å². The largest absolute Gasteiger partial charge is 0.477 e. The second kappa shape index (κ2) is 4.68. The van der Waals surface area contributed by atoms with Crippen LogP contribution in [-0.4, -0.2) is 26.0 Å². The minimum atomic E-state index is -3.79. The van der Waals surface area contributed by atoms with E-state index in [1.54, 1.807) is 31.2 Å². The number of sulfonamides is 1. The number of carboxylic acids is 1. The van der Waals surface area contributed by atoms with Crippen molar-refractivity contribution < 1.29 is 18.3 Å². The van der Waals surface area contributed by atoms with E-state index in [-0.39, 0.29) is 16.3 Å². The molecule has 0 unspecified atom stereocenters. The topological polar surface area (TPSA) is 83.5 Å². The van der Waals surface area contributed by atoms with Crippen LogP contribution in [0, 0.1) is 0 Å². The molecule has 1 heterocycles. The Bertz CT molecular complexity index is 703. The van der Waals surface area contributed by atoms with Crippen LogP contribution < -0.4 is 4.72 Å². The highest BCUT2D eigenvalue weighted by Gasteiger charge is 2.27. The summed E-state index contributed by atoms with van der Waals surface area (Å²) >= 11 is 0.966. The Labute approximate surface area is 108 Å². The van der Waals surface area contributed by atoms with Gasteiger partial charge in [0, 0.05) is 16.6 Å². The normalized spacial score (nSPS) is 11.8. The molecule has 2 N–H and O–H groups in total. The second-order valence-electron chi connectivity index (χ2n) is 3.56. The third-order valence-corrected chi connectivity index (χ3v) is 5.27. The lowest BCUT2D eigenvalue weighted by atomic mass is 10.2. The number of nitrogens with one attached hydrogen (secondary N) is 1. The predicted molar refractivity (Wildman–Crippen MR) is 69.6 cm³/mol. The molecule has 18 heavy (non-hydrogen) atoms. The highest BCUT2D eigenvalue weighted by Crippen LogP contribution is 2.34. The van der Waals surface area contributed by atoms with Crippen molar-refractivity contribution in [1.29, 1.82) is 0 Å². The van der Waals surface area contributed by atoms with Crippen LogP contribution in [0.15, 0.2) is 29.2 Å². The molecule has 0 saturated heterocycles. The summed E-state index contributed by atoms with van der Waals surface area (Å²) < 4.78 is 27.1. The Balaban J connectivity index is 2.82. The zero-order valence-electron chi connectivity index (χ0n) is 9.50. The zero-order chi connectivity index (χ0) is 13.3. The van der Waals surface area contributed by atoms with Gasteiger partial charge in [-0.2, -0.15) is 0 Å². The Kier molecular flexibility index (Phi) is 3.38. The molecule has 1 aromatic carbocycles. The van der Waals surface area contributed by atoms with E-state index in [4.69, 9.17) is 5.11 Å². The molecule has 96 valence electrons. The molecule has 0 aliphatic carbocycles. The number of benzene rings is 1. The Morgan fingerprint density at radius 2 is 2.06 bits per heavy atom. The second-order valence-corrected chi connectivity index (χ2v) is 6.32. The van der Waals surface area contributed by atoms with E-state index in [2.05, 4.69) is 4.72 Å². The lowest BCUT2D eigenvalue weighted by Crippen LogP contribution is -2.24. The molecule has 0 atom stereocenters. The van der Waals surface area contributed by atoms with Gasteiger partial charge in [0.1, 0.15) is 9.77 Å². The molecule has 0 aliphatic heterocycles. The van der Waals surface area contributed by atoms with E-state index >= 15 is 0 Å². The first-order valence-electron chi connectivity index (χ1n) is 5.22. The number of thiophene rings is 1. The van der Waals surface area contributed by atoms with E-state index in [1.807, 2.05) is 0 Å². The van der Waals surface area contributed by atoms with Crippen molar-refractivity contribution in [2.75, 3.05) is 6.54 Å². The van der Waals surface area contributed by atoms with E-state index in [0.29, 0.717) is 10.1 Å². The highest BCUT2D eigenvalue weighted by molar-refractivity contribution is 7.90. The summed E-state index contributed by atoms with van der Waals surface area (Å²) in [5.41, 5.74) is 0. The minimum Gasteiger partial charge on any atom is -0.477 e.